The van der Waals surface area contributed by atoms with Gasteiger partial charge >= 0.3 is 0 Å². The third-order valence-corrected chi connectivity index (χ3v) is 8.38. The van der Waals surface area contributed by atoms with Crippen molar-refractivity contribution in [1.29, 1.82) is 5.26 Å². The number of ether oxygens (including phenoxy) is 3. The number of aryl methyl sites for hydroxylation is 1. The largest absolute Gasteiger partial charge is 0.490 e. The lowest BCUT2D eigenvalue weighted by atomic mass is 9.87. The molecule has 8 heterocycles. The van der Waals surface area contributed by atoms with E-state index >= 15 is 0 Å². The molecule has 4 aromatic rings. The number of methoxy groups -OCH3 is 1. The van der Waals surface area contributed by atoms with Gasteiger partial charge in [0.2, 0.25) is 5.88 Å². The molecule has 0 radical (unpaired) electrons. The summed E-state index contributed by atoms with van der Waals surface area (Å²) in [6.45, 7) is 5.98. The van der Waals surface area contributed by atoms with Gasteiger partial charge < -0.3 is 19.1 Å². The maximum atomic E-state index is 9.52. The second kappa shape index (κ2) is 9.77. The van der Waals surface area contributed by atoms with Crippen LogP contribution in [0.4, 0.5) is 5.82 Å². The molecule has 4 aromatic heterocycles. The molecule has 0 saturated carbocycles. The van der Waals surface area contributed by atoms with Gasteiger partial charge in [0, 0.05) is 61.3 Å². The van der Waals surface area contributed by atoms with E-state index in [-0.39, 0.29) is 6.61 Å². The van der Waals surface area contributed by atoms with Gasteiger partial charge in [0.1, 0.15) is 23.6 Å². The average Bonchev–Trinajstić information content (AvgIpc) is 3.36. The topological polar surface area (TPSA) is 101 Å². The number of hydrogen-bond donors (Lipinski definition) is 0. The van der Waals surface area contributed by atoms with Gasteiger partial charge in [-0.25, -0.2) is 14.5 Å². The van der Waals surface area contributed by atoms with E-state index in [1.54, 1.807) is 7.11 Å². The van der Waals surface area contributed by atoms with Crippen molar-refractivity contribution >= 4 is 11.3 Å². The van der Waals surface area contributed by atoms with Crippen LogP contribution < -0.4 is 14.4 Å². The summed E-state index contributed by atoms with van der Waals surface area (Å²) >= 11 is 0. The zero-order chi connectivity index (χ0) is 27.3. The molecule has 4 aliphatic heterocycles. The highest BCUT2D eigenvalue weighted by Crippen LogP contribution is 2.37. The van der Waals surface area contributed by atoms with E-state index in [1.807, 2.05) is 41.4 Å². The third-order valence-electron chi connectivity index (χ3n) is 8.38. The van der Waals surface area contributed by atoms with Crippen molar-refractivity contribution in [3.63, 3.8) is 0 Å². The van der Waals surface area contributed by atoms with Crippen molar-refractivity contribution in [3.05, 3.63) is 66.2 Å². The molecule has 2 atom stereocenters. The Morgan fingerprint density at radius 2 is 1.95 bits per heavy atom. The molecule has 4 fully saturated rings. The zero-order valence-electron chi connectivity index (χ0n) is 22.7. The first-order chi connectivity index (χ1) is 19.5. The van der Waals surface area contributed by atoms with Gasteiger partial charge in [0.15, 0.2) is 0 Å². The fraction of sp³-hybridized carbons (Fsp3) is 0.400. The van der Waals surface area contributed by atoms with Crippen LogP contribution in [0.1, 0.15) is 17.5 Å². The second-order valence-electron chi connectivity index (χ2n) is 11.1. The standard InChI is InChI=1S/C30H31N7O3/c1-20-9-34-37-15-25(40-19-30(16-31)17-39-18-30)8-26(29(20)37)22-4-5-27(32-11-22)35-13-23-7-24(14-35)36(23)12-21-3-6-28(38-2)33-10-21/h3-6,8-11,15,23-24H,7,12-14,17-19H2,1-2H3. The summed E-state index contributed by atoms with van der Waals surface area (Å²) in [6, 6.07) is 13.7. The molecule has 204 valence electrons. The molecule has 4 aliphatic rings. The zero-order valence-corrected chi connectivity index (χ0v) is 22.7. The summed E-state index contributed by atoms with van der Waals surface area (Å²) in [5.74, 6) is 2.31. The lowest BCUT2D eigenvalue weighted by molar-refractivity contribution is -0.0963. The molecule has 8 rings (SSSR count). The predicted octanol–water partition coefficient (Wildman–Crippen LogP) is 3.49. The van der Waals surface area contributed by atoms with Crippen molar-refractivity contribution in [1.82, 2.24) is 24.5 Å². The molecule has 2 unspecified atom stereocenters. The number of piperazine rings is 1. The highest BCUT2D eigenvalue weighted by molar-refractivity contribution is 5.83. The van der Waals surface area contributed by atoms with Crippen LogP contribution in [-0.4, -0.2) is 76.6 Å². The van der Waals surface area contributed by atoms with E-state index in [9.17, 15) is 5.26 Å². The first kappa shape index (κ1) is 24.8. The Hall–Kier alpha value is -4.20. The van der Waals surface area contributed by atoms with Gasteiger partial charge in [-0.1, -0.05) is 6.07 Å². The normalized spacial score (nSPS) is 21.4. The third kappa shape index (κ3) is 4.31. The Morgan fingerprint density at radius 1 is 1.10 bits per heavy atom. The Kier molecular flexibility index (Phi) is 6.06. The minimum Gasteiger partial charge on any atom is -0.490 e. The summed E-state index contributed by atoms with van der Waals surface area (Å²) in [4.78, 5) is 14.2. The van der Waals surface area contributed by atoms with Crippen LogP contribution in [0.5, 0.6) is 11.6 Å². The van der Waals surface area contributed by atoms with Gasteiger partial charge in [-0.05, 0) is 42.7 Å². The molecule has 10 heteroatoms. The number of piperidine rings is 1. The number of aromatic nitrogens is 4. The molecular weight excluding hydrogens is 506 g/mol. The number of rotatable bonds is 8. The molecule has 0 aliphatic carbocycles. The van der Waals surface area contributed by atoms with Crippen LogP contribution in [-0.2, 0) is 11.3 Å². The lowest BCUT2D eigenvalue weighted by Crippen LogP contribution is -2.68. The number of fused-ring (bicyclic) bond motifs is 3. The number of pyridine rings is 3. The maximum absolute atomic E-state index is 9.52. The van der Waals surface area contributed by atoms with E-state index in [0.717, 1.165) is 47.7 Å². The predicted molar refractivity (Wildman–Crippen MR) is 148 cm³/mol. The Labute approximate surface area is 232 Å². The Bertz CT molecular complexity index is 1560. The summed E-state index contributed by atoms with van der Waals surface area (Å²) in [6.07, 6.45) is 8.80. The number of anilines is 1. The minimum atomic E-state index is -0.575. The smallest absolute Gasteiger partial charge is 0.212 e. The molecule has 0 aromatic carbocycles. The van der Waals surface area contributed by atoms with Crippen molar-refractivity contribution in [3.8, 4) is 28.8 Å². The van der Waals surface area contributed by atoms with Gasteiger partial charge in [0.05, 0.1) is 44.3 Å². The molecule has 0 amide bonds. The number of hydrogen-bond acceptors (Lipinski definition) is 9. The SMILES string of the molecule is COc1ccc(CN2C3CC2CN(c2ccc(-c4cc(OCC5(C#N)COC5)cn5ncc(C)c45)cn2)C3)cn1. The molecule has 10 nitrogen and oxygen atoms in total. The Morgan fingerprint density at radius 3 is 2.60 bits per heavy atom. The minimum absolute atomic E-state index is 0.287. The number of nitriles is 1. The number of nitrogens with zero attached hydrogens (tertiary/aromatic N) is 7. The summed E-state index contributed by atoms with van der Waals surface area (Å²) in [5, 5.41) is 14.0. The fourth-order valence-electron chi connectivity index (χ4n) is 6.00. The van der Waals surface area contributed by atoms with Crippen LogP contribution in [0.3, 0.4) is 0 Å². The van der Waals surface area contributed by atoms with Crippen LogP contribution in [0.15, 0.2) is 55.1 Å². The van der Waals surface area contributed by atoms with E-state index < -0.39 is 5.41 Å². The molecule has 2 bridgehead atoms. The summed E-state index contributed by atoms with van der Waals surface area (Å²) in [5.41, 5.74) is 4.74. The van der Waals surface area contributed by atoms with E-state index in [4.69, 9.17) is 19.2 Å². The van der Waals surface area contributed by atoms with E-state index in [1.165, 1.54) is 12.0 Å². The first-order valence-electron chi connectivity index (χ1n) is 13.6. The highest BCUT2D eigenvalue weighted by atomic mass is 16.5. The van der Waals surface area contributed by atoms with Crippen molar-refractivity contribution in [2.75, 3.05) is 44.9 Å². The van der Waals surface area contributed by atoms with Crippen LogP contribution >= 0.6 is 0 Å². The van der Waals surface area contributed by atoms with Crippen molar-refractivity contribution in [2.45, 2.75) is 32.0 Å². The van der Waals surface area contributed by atoms with Gasteiger partial charge in [-0.15, -0.1) is 0 Å². The van der Waals surface area contributed by atoms with Gasteiger partial charge in [0.25, 0.3) is 0 Å². The second-order valence-corrected chi connectivity index (χ2v) is 11.1. The van der Waals surface area contributed by atoms with E-state index in [0.29, 0.717) is 36.9 Å². The highest BCUT2D eigenvalue weighted by Gasteiger charge is 2.44. The quantitative estimate of drug-likeness (QED) is 0.334. The molecular formula is C30H31N7O3. The van der Waals surface area contributed by atoms with Gasteiger partial charge in [-0.3, -0.25) is 4.90 Å². The maximum Gasteiger partial charge on any atom is 0.212 e. The summed E-state index contributed by atoms with van der Waals surface area (Å²) < 4.78 is 18.4. The molecule has 40 heavy (non-hydrogen) atoms. The fourth-order valence-corrected chi connectivity index (χ4v) is 6.00. The lowest BCUT2D eigenvalue weighted by Gasteiger charge is -2.56. The molecule has 0 N–H and O–H groups in total. The van der Waals surface area contributed by atoms with Crippen LogP contribution in [0.25, 0.3) is 16.6 Å². The van der Waals surface area contributed by atoms with Crippen LogP contribution in [0, 0.1) is 23.7 Å². The Balaban J connectivity index is 1.07. The average molecular weight is 538 g/mol. The molecule has 4 saturated heterocycles. The summed E-state index contributed by atoms with van der Waals surface area (Å²) in [7, 11) is 1.64. The van der Waals surface area contributed by atoms with E-state index in [2.05, 4.69) is 51.1 Å². The van der Waals surface area contributed by atoms with Crippen LogP contribution in [0.2, 0.25) is 0 Å². The molecule has 0 spiro atoms. The first-order valence-corrected chi connectivity index (χ1v) is 13.6. The van der Waals surface area contributed by atoms with Crippen molar-refractivity contribution < 1.29 is 14.2 Å². The monoisotopic (exact) mass is 537 g/mol. The van der Waals surface area contributed by atoms with Gasteiger partial charge in [-0.2, -0.15) is 10.4 Å². The van der Waals surface area contributed by atoms with Crippen molar-refractivity contribution in [2.24, 2.45) is 5.41 Å².